The quantitative estimate of drug-likeness (QED) is 0.823. The number of hydrogen-bond acceptors (Lipinski definition) is 5. The second-order valence-corrected chi connectivity index (χ2v) is 8.36. The van der Waals surface area contributed by atoms with Gasteiger partial charge in [-0.2, -0.15) is 0 Å². The maximum absolute atomic E-state index is 12.3. The summed E-state index contributed by atoms with van der Waals surface area (Å²) in [6, 6.07) is 4.16. The van der Waals surface area contributed by atoms with Gasteiger partial charge in [-0.1, -0.05) is 0 Å². The Balaban J connectivity index is 1.23. The van der Waals surface area contributed by atoms with Crippen molar-refractivity contribution < 1.29 is 14.3 Å². The van der Waals surface area contributed by atoms with Gasteiger partial charge in [0.15, 0.2) is 0 Å². The van der Waals surface area contributed by atoms with Crippen molar-refractivity contribution in [2.75, 3.05) is 26.3 Å². The van der Waals surface area contributed by atoms with E-state index in [1.54, 1.807) is 22.7 Å². The van der Waals surface area contributed by atoms with Gasteiger partial charge in [-0.3, -0.25) is 9.59 Å². The number of nitrogens with zero attached hydrogens (tertiary/aromatic N) is 2. The Morgan fingerprint density at radius 2 is 1.36 bits per heavy atom. The van der Waals surface area contributed by atoms with Crippen molar-refractivity contribution >= 4 is 34.5 Å². The highest BCUT2D eigenvalue weighted by molar-refractivity contribution is 7.10. The van der Waals surface area contributed by atoms with Gasteiger partial charge in [-0.15, -0.1) is 22.7 Å². The van der Waals surface area contributed by atoms with Crippen LogP contribution in [0.3, 0.4) is 0 Å². The van der Waals surface area contributed by atoms with Crippen molar-refractivity contribution in [3.63, 3.8) is 0 Å². The molecule has 0 spiro atoms. The number of rotatable bonds is 4. The van der Waals surface area contributed by atoms with Crippen LogP contribution in [0.2, 0.25) is 0 Å². The molecule has 2 aliphatic heterocycles. The minimum Gasteiger partial charge on any atom is -0.362 e. The maximum Gasteiger partial charge on any atom is 0.248 e. The Hall–Kier alpha value is -1.70. The molecule has 2 amide bonds. The number of fused-ring (bicyclic) bond motifs is 2. The van der Waals surface area contributed by atoms with E-state index in [4.69, 9.17) is 4.74 Å². The average Bonchev–Trinajstić information content (AvgIpc) is 3.28. The first kappa shape index (κ1) is 16.8. The van der Waals surface area contributed by atoms with Crippen LogP contribution in [0.25, 0.3) is 0 Å². The third-order valence-corrected chi connectivity index (χ3v) is 6.82. The fraction of sp³-hybridized carbons (Fsp3) is 0.444. The summed E-state index contributed by atoms with van der Waals surface area (Å²) >= 11 is 3.51. The van der Waals surface area contributed by atoms with Crippen molar-refractivity contribution in [3.05, 3.63) is 43.8 Å². The molecule has 25 heavy (non-hydrogen) atoms. The molecule has 4 heterocycles. The monoisotopic (exact) mass is 376 g/mol. The smallest absolute Gasteiger partial charge is 0.248 e. The van der Waals surface area contributed by atoms with Crippen LogP contribution in [0.1, 0.15) is 20.9 Å². The van der Waals surface area contributed by atoms with Gasteiger partial charge >= 0.3 is 0 Å². The maximum atomic E-state index is 12.3. The standard InChI is InChI=1S/C18H20N2O3S2/c21-17(19-5-1-15-13(9-19)3-7-24-15)11-23-12-18(22)20-6-2-16-14(10-20)4-8-25-16/h3-4,7-8H,1-2,5-6,9-12H2. The van der Waals surface area contributed by atoms with Gasteiger partial charge in [0.05, 0.1) is 0 Å². The van der Waals surface area contributed by atoms with Gasteiger partial charge in [0.25, 0.3) is 0 Å². The van der Waals surface area contributed by atoms with Crippen molar-refractivity contribution in [1.82, 2.24) is 9.80 Å². The van der Waals surface area contributed by atoms with E-state index in [1.165, 1.54) is 20.9 Å². The second kappa shape index (κ2) is 7.27. The number of carbonyl (C=O) groups is 2. The SMILES string of the molecule is O=C(COCC(=O)N1CCc2sccc2C1)N1CCc2sccc2C1. The number of ether oxygens (including phenoxy) is 1. The fourth-order valence-corrected chi connectivity index (χ4v) is 5.11. The van der Waals surface area contributed by atoms with Gasteiger partial charge in [0.1, 0.15) is 13.2 Å². The van der Waals surface area contributed by atoms with Crippen LogP contribution in [-0.2, 0) is 40.3 Å². The van der Waals surface area contributed by atoms with E-state index < -0.39 is 0 Å². The zero-order valence-corrected chi connectivity index (χ0v) is 15.5. The highest BCUT2D eigenvalue weighted by Crippen LogP contribution is 2.25. The van der Waals surface area contributed by atoms with Crippen molar-refractivity contribution in [2.24, 2.45) is 0 Å². The molecule has 2 aromatic rings. The molecule has 0 aliphatic carbocycles. The predicted molar refractivity (Wildman–Crippen MR) is 97.7 cm³/mol. The van der Waals surface area contributed by atoms with Crippen molar-refractivity contribution in [2.45, 2.75) is 25.9 Å². The van der Waals surface area contributed by atoms with E-state index in [1.807, 2.05) is 9.80 Å². The Kier molecular flexibility index (Phi) is 4.87. The Labute approximate surface area is 154 Å². The summed E-state index contributed by atoms with van der Waals surface area (Å²) < 4.78 is 5.43. The minimum absolute atomic E-state index is 0.0250. The first-order valence-corrected chi connectivity index (χ1v) is 10.2. The van der Waals surface area contributed by atoms with Gasteiger partial charge in [0.2, 0.25) is 11.8 Å². The van der Waals surface area contributed by atoms with Crippen molar-refractivity contribution in [3.8, 4) is 0 Å². The molecule has 0 fully saturated rings. The van der Waals surface area contributed by atoms with Crippen LogP contribution >= 0.6 is 22.7 Å². The molecule has 0 saturated heterocycles. The lowest BCUT2D eigenvalue weighted by atomic mass is 10.1. The summed E-state index contributed by atoms with van der Waals surface area (Å²) in [5.41, 5.74) is 2.47. The van der Waals surface area contributed by atoms with Crippen LogP contribution in [0.15, 0.2) is 22.9 Å². The topological polar surface area (TPSA) is 49.9 Å². The summed E-state index contributed by atoms with van der Waals surface area (Å²) in [5, 5.41) is 4.15. The van der Waals surface area contributed by atoms with Crippen LogP contribution in [0.4, 0.5) is 0 Å². The number of thiophene rings is 2. The van der Waals surface area contributed by atoms with E-state index in [2.05, 4.69) is 22.9 Å². The predicted octanol–water partition coefficient (Wildman–Crippen LogP) is 2.30. The first-order valence-electron chi connectivity index (χ1n) is 8.44. The third-order valence-electron chi connectivity index (χ3n) is 4.77. The molecule has 5 nitrogen and oxygen atoms in total. The molecule has 0 radical (unpaired) electrons. The van der Waals surface area contributed by atoms with Crippen LogP contribution in [-0.4, -0.2) is 47.9 Å². The van der Waals surface area contributed by atoms with E-state index in [-0.39, 0.29) is 25.0 Å². The van der Waals surface area contributed by atoms with Crippen LogP contribution < -0.4 is 0 Å². The summed E-state index contributed by atoms with van der Waals surface area (Å²) in [6.45, 7) is 2.73. The average molecular weight is 377 g/mol. The third kappa shape index (κ3) is 3.63. The molecular weight excluding hydrogens is 356 g/mol. The molecule has 2 aliphatic rings. The van der Waals surface area contributed by atoms with Crippen LogP contribution in [0, 0.1) is 0 Å². The first-order chi connectivity index (χ1) is 12.2. The number of amides is 2. The summed E-state index contributed by atoms with van der Waals surface area (Å²) in [6.07, 6.45) is 1.82. The van der Waals surface area contributed by atoms with Gasteiger partial charge in [0, 0.05) is 35.9 Å². The molecule has 0 unspecified atom stereocenters. The molecule has 0 saturated carbocycles. The van der Waals surface area contributed by atoms with E-state index in [0.717, 1.165) is 25.9 Å². The van der Waals surface area contributed by atoms with E-state index in [9.17, 15) is 9.59 Å². The lowest BCUT2D eigenvalue weighted by Gasteiger charge is -2.28. The molecule has 4 rings (SSSR count). The van der Waals surface area contributed by atoms with Gasteiger partial charge < -0.3 is 14.5 Å². The highest BCUT2D eigenvalue weighted by Gasteiger charge is 2.23. The minimum atomic E-state index is -0.0385. The fourth-order valence-electron chi connectivity index (χ4n) is 3.33. The molecular formula is C18H20N2O3S2. The van der Waals surface area contributed by atoms with E-state index >= 15 is 0 Å². The normalized spacial score (nSPS) is 16.5. The van der Waals surface area contributed by atoms with E-state index in [0.29, 0.717) is 13.1 Å². The van der Waals surface area contributed by atoms with Gasteiger partial charge in [-0.05, 0) is 46.9 Å². The lowest BCUT2D eigenvalue weighted by Crippen LogP contribution is -2.40. The zero-order valence-electron chi connectivity index (χ0n) is 13.9. The molecule has 2 aromatic heterocycles. The van der Waals surface area contributed by atoms with Crippen LogP contribution in [0.5, 0.6) is 0 Å². The second-order valence-electron chi connectivity index (χ2n) is 6.36. The largest absolute Gasteiger partial charge is 0.362 e. The zero-order chi connectivity index (χ0) is 17.2. The Bertz CT molecular complexity index is 719. The molecule has 0 N–H and O–H groups in total. The molecule has 7 heteroatoms. The summed E-state index contributed by atoms with van der Waals surface area (Å²) in [5.74, 6) is -0.0770. The molecule has 0 atom stereocenters. The Morgan fingerprint density at radius 1 is 0.880 bits per heavy atom. The number of hydrogen-bond donors (Lipinski definition) is 0. The molecule has 0 bridgehead atoms. The lowest BCUT2D eigenvalue weighted by molar-refractivity contribution is -0.143. The highest BCUT2D eigenvalue weighted by atomic mass is 32.1. The van der Waals surface area contributed by atoms with Crippen molar-refractivity contribution in [1.29, 1.82) is 0 Å². The molecule has 0 aromatic carbocycles. The Morgan fingerprint density at radius 3 is 1.84 bits per heavy atom. The van der Waals surface area contributed by atoms with Gasteiger partial charge in [-0.25, -0.2) is 0 Å². The molecule has 132 valence electrons. The summed E-state index contributed by atoms with van der Waals surface area (Å²) in [4.78, 5) is 31.0. The summed E-state index contributed by atoms with van der Waals surface area (Å²) in [7, 11) is 0. The number of carbonyl (C=O) groups excluding carboxylic acids is 2.